The molecule has 0 aliphatic heterocycles. The predicted octanol–water partition coefficient (Wildman–Crippen LogP) is 5.48. The number of amides is 1. The van der Waals surface area contributed by atoms with Gasteiger partial charge in [-0.3, -0.25) is 4.90 Å². The Balaban J connectivity index is 1.55. The molecular formula is C30H31NO6. The molecule has 37 heavy (non-hydrogen) atoms. The van der Waals surface area contributed by atoms with Gasteiger partial charge in [-0.25, -0.2) is 14.4 Å². The van der Waals surface area contributed by atoms with Crippen molar-refractivity contribution < 1.29 is 29.0 Å². The highest BCUT2D eigenvalue weighted by Crippen LogP contribution is 2.44. The molecule has 0 radical (unpaired) electrons. The predicted molar refractivity (Wildman–Crippen MR) is 139 cm³/mol. The highest BCUT2D eigenvalue weighted by atomic mass is 16.6. The summed E-state index contributed by atoms with van der Waals surface area (Å²) in [5.41, 5.74) is 5.03. The third-order valence-corrected chi connectivity index (χ3v) is 6.72. The lowest BCUT2D eigenvalue weighted by atomic mass is 9.98. The minimum absolute atomic E-state index is 0.0135. The van der Waals surface area contributed by atoms with Gasteiger partial charge in [0.15, 0.2) is 0 Å². The molecule has 0 aromatic heterocycles. The molecule has 0 saturated carbocycles. The second kappa shape index (κ2) is 11.3. The van der Waals surface area contributed by atoms with Crippen LogP contribution in [0, 0.1) is 5.92 Å². The van der Waals surface area contributed by atoms with E-state index in [-0.39, 0.29) is 19.1 Å². The van der Waals surface area contributed by atoms with Crippen molar-refractivity contribution in [2.75, 3.05) is 6.61 Å². The van der Waals surface area contributed by atoms with E-state index in [1.807, 2.05) is 78.9 Å². The van der Waals surface area contributed by atoms with Crippen LogP contribution < -0.4 is 0 Å². The van der Waals surface area contributed by atoms with E-state index in [0.717, 1.165) is 32.7 Å². The van der Waals surface area contributed by atoms with Crippen LogP contribution in [0.1, 0.15) is 43.4 Å². The number of nitrogens with zero attached hydrogens (tertiary/aromatic N) is 1. The fourth-order valence-electron chi connectivity index (χ4n) is 4.82. The molecule has 0 heterocycles. The van der Waals surface area contributed by atoms with Crippen molar-refractivity contribution in [2.24, 2.45) is 5.92 Å². The fraction of sp³-hybridized carbons (Fsp3) is 0.300. The zero-order valence-corrected chi connectivity index (χ0v) is 21.2. The summed E-state index contributed by atoms with van der Waals surface area (Å²) >= 11 is 0. The van der Waals surface area contributed by atoms with E-state index < -0.39 is 36.0 Å². The van der Waals surface area contributed by atoms with Crippen molar-refractivity contribution in [3.63, 3.8) is 0 Å². The first-order valence-corrected chi connectivity index (χ1v) is 12.4. The van der Waals surface area contributed by atoms with Gasteiger partial charge >= 0.3 is 18.0 Å². The molecule has 0 spiro atoms. The van der Waals surface area contributed by atoms with Gasteiger partial charge in [-0.2, -0.15) is 0 Å². The quantitative estimate of drug-likeness (QED) is 0.391. The Labute approximate surface area is 216 Å². The number of rotatable bonds is 9. The SMILES string of the molecule is CC(C)[C@@H](C(=O)OCc1ccccc1)N(C(=O)OCC1c2ccccc2-c2ccccc21)[C@@H](C)C(=O)O. The van der Waals surface area contributed by atoms with E-state index in [0.29, 0.717) is 0 Å². The largest absolute Gasteiger partial charge is 0.480 e. The molecule has 0 fully saturated rings. The second-order valence-corrected chi connectivity index (χ2v) is 9.51. The molecule has 1 N–H and O–H groups in total. The van der Waals surface area contributed by atoms with Crippen molar-refractivity contribution in [2.45, 2.75) is 45.4 Å². The normalized spacial score (nSPS) is 13.8. The molecule has 7 heteroatoms. The molecule has 0 bridgehead atoms. The number of carbonyl (C=O) groups excluding carboxylic acids is 2. The van der Waals surface area contributed by atoms with E-state index in [9.17, 15) is 19.5 Å². The Morgan fingerprint density at radius 3 is 1.89 bits per heavy atom. The highest BCUT2D eigenvalue weighted by molar-refractivity contribution is 5.86. The summed E-state index contributed by atoms with van der Waals surface area (Å²) in [5, 5.41) is 9.76. The Bertz CT molecular complexity index is 1230. The van der Waals surface area contributed by atoms with Gasteiger partial charge in [0.2, 0.25) is 0 Å². The van der Waals surface area contributed by atoms with Gasteiger partial charge in [0, 0.05) is 5.92 Å². The van der Waals surface area contributed by atoms with Crippen LogP contribution in [0.3, 0.4) is 0 Å². The van der Waals surface area contributed by atoms with Gasteiger partial charge in [0.1, 0.15) is 25.3 Å². The van der Waals surface area contributed by atoms with E-state index >= 15 is 0 Å². The van der Waals surface area contributed by atoms with Crippen LogP contribution in [0.5, 0.6) is 0 Å². The first kappa shape index (κ1) is 25.9. The lowest BCUT2D eigenvalue weighted by molar-refractivity contribution is -0.156. The maximum absolute atomic E-state index is 13.4. The summed E-state index contributed by atoms with van der Waals surface area (Å²) in [6.07, 6.45) is -0.868. The minimum Gasteiger partial charge on any atom is -0.480 e. The summed E-state index contributed by atoms with van der Waals surface area (Å²) in [4.78, 5) is 39.5. The Morgan fingerprint density at radius 1 is 0.811 bits per heavy atom. The molecule has 1 aliphatic rings. The number of hydrogen-bond donors (Lipinski definition) is 1. The van der Waals surface area contributed by atoms with Crippen molar-refractivity contribution >= 4 is 18.0 Å². The monoisotopic (exact) mass is 501 g/mol. The van der Waals surface area contributed by atoms with Crippen LogP contribution in [0.25, 0.3) is 11.1 Å². The van der Waals surface area contributed by atoms with Gasteiger partial charge in [-0.05, 0) is 40.7 Å². The lowest BCUT2D eigenvalue weighted by Crippen LogP contribution is -2.55. The van der Waals surface area contributed by atoms with Crippen molar-refractivity contribution in [3.05, 3.63) is 95.6 Å². The number of aliphatic carboxylic acids is 1. The smallest absolute Gasteiger partial charge is 0.411 e. The van der Waals surface area contributed by atoms with Gasteiger partial charge in [-0.15, -0.1) is 0 Å². The first-order chi connectivity index (χ1) is 17.8. The molecule has 7 nitrogen and oxygen atoms in total. The standard InChI is InChI=1S/C30H31NO6/c1-19(2)27(29(34)36-17-21-11-5-4-6-12-21)31(20(3)28(32)33)30(35)37-18-26-24-15-9-7-13-22(24)23-14-8-10-16-25(23)26/h4-16,19-20,26-27H,17-18H2,1-3H3,(H,32,33)/t20-,27-/m0/s1. The maximum atomic E-state index is 13.4. The summed E-state index contributed by atoms with van der Waals surface area (Å²) in [7, 11) is 0. The molecule has 0 unspecified atom stereocenters. The van der Waals surface area contributed by atoms with Gasteiger partial charge in [-0.1, -0.05) is 92.7 Å². The molecule has 0 saturated heterocycles. The topological polar surface area (TPSA) is 93.1 Å². The first-order valence-electron chi connectivity index (χ1n) is 12.4. The van der Waals surface area contributed by atoms with Crippen molar-refractivity contribution in [1.82, 2.24) is 4.90 Å². The van der Waals surface area contributed by atoms with E-state index in [4.69, 9.17) is 9.47 Å². The van der Waals surface area contributed by atoms with Crippen LogP contribution in [0.2, 0.25) is 0 Å². The molecule has 192 valence electrons. The van der Waals surface area contributed by atoms with E-state index in [2.05, 4.69) is 0 Å². The molecule has 2 atom stereocenters. The molecule has 3 aromatic rings. The number of carbonyl (C=O) groups is 3. The molecular weight excluding hydrogens is 470 g/mol. The second-order valence-electron chi connectivity index (χ2n) is 9.51. The van der Waals surface area contributed by atoms with Gasteiger partial charge < -0.3 is 14.6 Å². The molecule has 1 amide bonds. The summed E-state index contributed by atoms with van der Waals surface area (Å²) in [6, 6.07) is 22.6. The summed E-state index contributed by atoms with van der Waals surface area (Å²) in [5.74, 6) is -2.53. The zero-order valence-electron chi connectivity index (χ0n) is 21.2. The number of benzene rings is 3. The average molecular weight is 502 g/mol. The Hall–Kier alpha value is -4.13. The zero-order chi connectivity index (χ0) is 26.5. The number of esters is 1. The third kappa shape index (κ3) is 5.50. The molecule has 4 rings (SSSR count). The van der Waals surface area contributed by atoms with E-state index in [1.165, 1.54) is 6.92 Å². The maximum Gasteiger partial charge on any atom is 0.411 e. The number of fused-ring (bicyclic) bond motifs is 3. The van der Waals surface area contributed by atoms with E-state index in [1.54, 1.807) is 13.8 Å². The molecule has 3 aromatic carbocycles. The average Bonchev–Trinajstić information content (AvgIpc) is 3.22. The van der Waals surface area contributed by atoms with Crippen LogP contribution in [0.15, 0.2) is 78.9 Å². The Morgan fingerprint density at radius 2 is 1.35 bits per heavy atom. The Kier molecular flexibility index (Phi) is 7.92. The van der Waals surface area contributed by atoms with Crippen molar-refractivity contribution in [1.29, 1.82) is 0 Å². The number of carboxylic acid groups (broad SMARTS) is 1. The van der Waals surface area contributed by atoms with Crippen LogP contribution in [-0.2, 0) is 25.7 Å². The lowest BCUT2D eigenvalue weighted by Gasteiger charge is -2.34. The fourth-order valence-corrected chi connectivity index (χ4v) is 4.82. The number of ether oxygens (including phenoxy) is 2. The molecule has 1 aliphatic carbocycles. The van der Waals surface area contributed by atoms with Crippen molar-refractivity contribution in [3.8, 4) is 11.1 Å². The van der Waals surface area contributed by atoms with Gasteiger partial charge in [0.25, 0.3) is 0 Å². The summed E-state index contributed by atoms with van der Waals surface area (Å²) in [6.45, 7) is 4.88. The van der Waals surface area contributed by atoms with Crippen LogP contribution >= 0.6 is 0 Å². The summed E-state index contributed by atoms with van der Waals surface area (Å²) < 4.78 is 11.2. The highest BCUT2D eigenvalue weighted by Gasteiger charge is 2.41. The van der Waals surface area contributed by atoms with Crippen LogP contribution in [0.4, 0.5) is 4.79 Å². The number of hydrogen-bond acceptors (Lipinski definition) is 5. The van der Waals surface area contributed by atoms with Gasteiger partial charge in [0.05, 0.1) is 0 Å². The van der Waals surface area contributed by atoms with Crippen LogP contribution in [-0.4, -0.2) is 46.7 Å². The number of carboxylic acids is 1. The third-order valence-electron chi connectivity index (χ3n) is 6.72. The minimum atomic E-state index is -1.30.